The van der Waals surface area contributed by atoms with Gasteiger partial charge in [0.05, 0.1) is 11.6 Å². The molecule has 0 aromatic carbocycles. The summed E-state index contributed by atoms with van der Waals surface area (Å²) in [6.07, 6.45) is 6.61. The van der Waals surface area contributed by atoms with Gasteiger partial charge in [0.25, 0.3) is 0 Å². The van der Waals surface area contributed by atoms with Gasteiger partial charge in [-0.3, -0.25) is 9.69 Å². The monoisotopic (exact) mass is 283 g/mol. The number of likely N-dealkylation sites (N-methyl/N-ethyl adjacent to an activating group) is 1. The average Bonchev–Trinajstić information content (AvgIpc) is 2.48. The number of nitrogens with one attached hydrogen (secondary N) is 1. The van der Waals surface area contributed by atoms with E-state index in [9.17, 15) is 4.79 Å². The summed E-state index contributed by atoms with van der Waals surface area (Å²) in [7, 11) is 1.85. The third kappa shape index (κ3) is 3.32. The zero-order valence-corrected chi connectivity index (χ0v) is 12.9. The van der Waals surface area contributed by atoms with Crippen molar-refractivity contribution in [3.63, 3.8) is 0 Å². The normalized spacial score (nSPS) is 35.9. The summed E-state index contributed by atoms with van der Waals surface area (Å²) in [5.41, 5.74) is 5.12. The van der Waals surface area contributed by atoms with Gasteiger partial charge in [0.1, 0.15) is 0 Å². The standard InChI is InChI=1S/C15H29N3O2/c1-3-20-13-7-5-9-18(11-13)12-6-4-8-15(10-12,17-2)14(16)19/h12-13,17H,3-11H2,1-2H3,(H2,16,19). The third-order valence-corrected chi connectivity index (χ3v) is 5.00. The largest absolute Gasteiger partial charge is 0.377 e. The van der Waals surface area contributed by atoms with Gasteiger partial charge in [-0.1, -0.05) is 0 Å². The third-order valence-electron chi connectivity index (χ3n) is 5.00. The summed E-state index contributed by atoms with van der Waals surface area (Å²) in [6.45, 7) is 4.95. The van der Waals surface area contributed by atoms with E-state index in [0.717, 1.165) is 51.8 Å². The molecule has 1 saturated heterocycles. The lowest BCUT2D eigenvalue weighted by Gasteiger charge is -2.45. The number of carbonyl (C=O) groups is 1. The predicted molar refractivity (Wildman–Crippen MR) is 79.5 cm³/mol. The molecule has 3 unspecified atom stereocenters. The fourth-order valence-electron chi connectivity index (χ4n) is 3.80. The molecule has 1 heterocycles. The van der Waals surface area contributed by atoms with Crippen LogP contribution in [-0.4, -0.2) is 55.2 Å². The Morgan fingerprint density at radius 3 is 2.90 bits per heavy atom. The first-order valence-electron chi connectivity index (χ1n) is 7.96. The number of nitrogens with two attached hydrogens (primary N) is 1. The van der Waals surface area contributed by atoms with Crippen LogP contribution in [0.4, 0.5) is 0 Å². The summed E-state index contributed by atoms with van der Waals surface area (Å²) in [4.78, 5) is 14.3. The number of primary amides is 1. The van der Waals surface area contributed by atoms with Crippen LogP contribution in [0.15, 0.2) is 0 Å². The predicted octanol–water partition coefficient (Wildman–Crippen LogP) is 0.873. The molecule has 0 radical (unpaired) electrons. The Bertz CT molecular complexity index is 335. The number of rotatable bonds is 5. The second-order valence-electron chi connectivity index (χ2n) is 6.16. The highest BCUT2D eigenvalue weighted by Crippen LogP contribution is 2.32. The minimum Gasteiger partial charge on any atom is -0.377 e. The van der Waals surface area contributed by atoms with Crippen molar-refractivity contribution < 1.29 is 9.53 Å². The lowest BCUT2D eigenvalue weighted by Crippen LogP contribution is -2.60. The van der Waals surface area contributed by atoms with Gasteiger partial charge in [-0.15, -0.1) is 0 Å². The zero-order chi connectivity index (χ0) is 14.6. The molecule has 5 heteroatoms. The topological polar surface area (TPSA) is 67.6 Å². The molecule has 2 aliphatic rings. The number of carbonyl (C=O) groups excluding carboxylic acids is 1. The van der Waals surface area contributed by atoms with Crippen molar-refractivity contribution in [2.24, 2.45) is 5.73 Å². The van der Waals surface area contributed by atoms with E-state index in [1.54, 1.807) is 0 Å². The molecule has 116 valence electrons. The van der Waals surface area contributed by atoms with Gasteiger partial charge < -0.3 is 15.8 Å². The molecule has 20 heavy (non-hydrogen) atoms. The zero-order valence-electron chi connectivity index (χ0n) is 12.9. The van der Waals surface area contributed by atoms with Gasteiger partial charge in [-0.2, -0.15) is 0 Å². The van der Waals surface area contributed by atoms with Crippen molar-refractivity contribution in [3.05, 3.63) is 0 Å². The van der Waals surface area contributed by atoms with E-state index in [1.165, 1.54) is 6.42 Å². The second kappa shape index (κ2) is 6.87. The maximum Gasteiger partial charge on any atom is 0.237 e. The Morgan fingerprint density at radius 2 is 2.25 bits per heavy atom. The fourth-order valence-corrected chi connectivity index (χ4v) is 3.80. The SMILES string of the molecule is CCOC1CCCN(C2CCCC(NC)(C(N)=O)C2)C1. The van der Waals surface area contributed by atoms with E-state index in [0.29, 0.717) is 12.1 Å². The molecule has 5 nitrogen and oxygen atoms in total. The number of amides is 1. The fraction of sp³-hybridized carbons (Fsp3) is 0.933. The van der Waals surface area contributed by atoms with E-state index in [-0.39, 0.29) is 5.91 Å². The van der Waals surface area contributed by atoms with Gasteiger partial charge >= 0.3 is 0 Å². The summed E-state index contributed by atoms with van der Waals surface area (Å²) in [6, 6.07) is 0.451. The Kier molecular flexibility index (Phi) is 5.41. The molecule has 1 saturated carbocycles. The highest BCUT2D eigenvalue weighted by atomic mass is 16.5. The van der Waals surface area contributed by atoms with Crippen molar-refractivity contribution in [2.45, 2.75) is 63.1 Å². The van der Waals surface area contributed by atoms with Gasteiger partial charge in [0, 0.05) is 19.2 Å². The summed E-state index contributed by atoms with van der Waals surface area (Å²) >= 11 is 0. The van der Waals surface area contributed by atoms with Crippen LogP contribution in [-0.2, 0) is 9.53 Å². The summed E-state index contributed by atoms with van der Waals surface area (Å²) < 4.78 is 5.78. The van der Waals surface area contributed by atoms with Crippen LogP contribution in [0.5, 0.6) is 0 Å². The second-order valence-corrected chi connectivity index (χ2v) is 6.16. The summed E-state index contributed by atoms with van der Waals surface area (Å²) in [5.74, 6) is -0.205. The van der Waals surface area contributed by atoms with Crippen LogP contribution in [0.1, 0.15) is 45.4 Å². The molecule has 0 aromatic heterocycles. The Labute approximate surface area is 122 Å². The maximum atomic E-state index is 11.8. The highest BCUT2D eigenvalue weighted by molar-refractivity contribution is 5.84. The summed E-state index contributed by atoms with van der Waals surface area (Å²) in [5, 5.41) is 3.19. The Morgan fingerprint density at radius 1 is 1.45 bits per heavy atom. The first kappa shape index (κ1) is 15.7. The minimum absolute atomic E-state index is 0.205. The van der Waals surface area contributed by atoms with Gasteiger partial charge in [-0.05, 0) is 59.0 Å². The molecule has 0 aromatic rings. The molecule has 3 atom stereocenters. The molecule has 2 rings (SSSR count). The molecular weight excluding hydrogens is 254 g/mol. The molecule has 0 spiro atoms. The number of piperidine rings is 1. The Hall–Kier alpha value is -0.650. The molecular formula is C15H29N3O2. The van der Waals surface area contributed by atoms with E-state index in [2.05, 4.69) is 17.1 Å². The van der Waals surface area contributed by atoms with E-state index in [4.69, 9.17) is 10.5 Å². The smallest absolute Gasteiger partial charge is 0.237 e. The van der Waals surface area contributed by atoms with Crippen molar-refractivity contribution in [2.75, 3.05) is 26.7 Å². The lowest BCUT2D eigenvalue weighted by atomic mass is 9.77. The minimum atomic E-state index is -0.512. The van der Waals surface area contributed by atoms with Crippen LogP contribution in [0.2, 0.25) is 0 Å². The van der Waals surface area contributed by atoms with Crippen molar-refractivity contribution in [1.82, 2.24) is 10.2 Å². The van der Waals surface area contributed by atoms with Gasteiger partial charge in [0.2, 0.25) is 5.91 Å². The molecule has 3 N–H and O–H groups in total. The number of likely N-dealkylation sites (tertiary alicyclic amines) is 1. The van der Waals surface area contributed by atoms with E-state index >= 15 is 0 Å². The average molecular weight is 283 g/mol. The van der Waals surface area contributed by atoms with Crippen LogP contribution in [0.25, 0.3) is 0 Å². The molecule has 1 aliphatic carbocycles. The van der Waals surface area contributed by atoms with Gasteiger partial charge in [-0.25, -0.2) is 0 Å². The van der Waals surface area contributed by atoms with E-state index < -0.39 is 5.54 Å². The molecule has 1 amide bonds. The Balaban J connectivity index is 1.99. The maximum absolute atomic E-state index is 11.8. The van der Waals surface area contributed by atoms with Crippen LogP contribution in [0, 0.1) is 0 Å². The lowest BCUT2D eigenvalue weighted by molar-refractivity contribution is -0.126. The van der Waals surface area contributed by atoms with Gasteiger partial charge in [0.15, 0.2) is 0 Å². The molecule has 0 bridgehead atoms. The number of hydrogen-bond acceptors (Lipinski definition) is 4. The van der Waals surface area contributed by atoms with Crippen LogP contribution in [0.3, 0.4) is 0 Å². The first-order chi connectivity index (χ1) is 9.61. The highest BCUT2D eigenvalue weighted by Gasteiger charge is 2.42. The number of hydrogen-bond donors (Lipinski definition) is 2. The van der Waals surface area contributed by atoms with Crippen molar-refractivity contribution in [1.29, 1.82) is 0 Å². The van der Waals surface area contributed by atoms with Crippen LogP contribution >= 0.6 is 0 Å². The van der Waals surface area contributed by atoms with Crippen molar-refractivity contribution >= 4 is 5.91 Å². The molecule has 2 fully saturated rings. The quantitative estimate of drug-likeness (QED) is 0.786. The number of nitrogens with zero attached hydrogens (tertiary/aromatic N) is 1. The van der Waals surface area contributed by atoms with Crippen molar-refractivity contribution in [3.8, 4) is 0 Å². The first-order valence-corrected chi connectivity index (χ1v) is 7.96. The van der Waals surface area contributed by atoms with E-state index in [1.807, 2.05) is 7.05 Å². The van der Waals surface area contributed by atoms with Crippen LogP contribution < -0.4 is 11.1 Å². The number of ether oxygens (including phenoxy) is 1. The molecule has 1 aliphatic heterocycles.